The fourth-order valence-corrected chi connectivity index (χ4v) is 4.34. The third kappa shape index (κ3) is 5.08. The Hall–Kier alpha value is -1.38. The lowest BCUT2D eigenvalue weighted by Gasteiger charge is -2.16. The van der Waals surface area contributed by atoms with Gasteiger partial charge in [0.25, 0.3) is 0 Å². The molecule has 0 aromatic heterocycles. The molecule has 0 saturated heterocycles. The molecule has 0 amide bonds. The summed E-state index contributed by atoms with van der Waals surface area (Å²) in [7, 11) is 0. The van der Waals surface area contributed by atoms with Crippen LogP contribution >= 0.6 is 46.6 Å². The minimum atomic E-state index is 0.555. The monoisotopic (exact) mass is 418 g/mol. The third-order valence-corrected chi connectivity index (χ3v) is 5.71. The maximum Gasteiger partial charge on any atom is 0.0406 e. The molecule has 3 aromatic carbocycles. The first kappa shape index (κ1) is 19.4. The number of halogens is 3. The van der Waals surface area contributed by atoms with E-state index >= 15 is 0 Å². The molecule has 0 spiro atoms. The number of hydrogen-bond acceptors (Lipinski definition) is 1. The van der Waals surface area contributed by atoms with E-state index in [1.807, 2.05) is 66.7 Å². The van der Waals surface area contributed by atoms with Crippen molar-refractivity contribution < 1.29 is 0 Å². The van der Waals surface area contributed by atoms with E-state index in [-0.39, 0.29) is 0 Å². The van der Waals surface area contributed by atoms with Crippen molar-refractivity contribution in [1.82, 2.24) is 0 Å². The van der Waals surface area contributed by atoms with Crippen molar-refractivity contribution >= 4 is 52.1 Å². The van der Waals surface area contributed by atoms with Crippen molar-refractivity contribution in [3.63, 3.8) is 0 Å². The molecule has 0 heterocycles. The molecule has 0 aliphatic carbocycles. The SMILES string of the molecule is ClCCC(Sc1ccccc1)=C(c1ccc(Cl)cc1)c1ccc(Cl)cc1. The second kappa shape index (κ2) is 9.53. The van der Waals surface area contributed by atoms with Crippen LogP contribution in [0.1, 0.15) is 17.5 Å². The van der Waals surface area contributed by atoms with Crippen LogP contribution < -0.4 is 0 Å². The lowest BCUT2D eigenvalue weighted by Crippen LogP contribution is -1.94. The summed E-state index contributed by atoms with van der Waals surface area (Å²) >= 11 is 20.1. The molecule has 4 heteroatoms. The minimum Gasteiger partial charge on any atom is -0.126 e. The van der Waals surface area contributed by atoms with Gasteiger partial charge in [0.15, 0.2) is 0 Å². The normalized spacial score (nSPS) is 10.6. The molecule has 0 radical (unpaired) electrons. The van der Waals surface area contributed by atoms with Crippen molar-refractivity contribution in [2.75, 3.05) is 5.88 Å². The zero-order valence-electron chi connectivity index (χ0n) is 14.0. The molecule has 0 unspecified atom stereocenters. The molecule has 0 saturated carbocycles. The second-order valence-electron chi connectivity index (χ2n) is 5.67. The van der Waals surface area contributed by atoms with Crippen molar-refractivity contribution in [2.45, 2.75) is 11.3 Å². The summed E-state index contributed by atoms with van der Waals surface area (Å²) in [5, 5.41) is 1.44. The Balaban J connectivity index is 2.15. The van der Waals surface area contributed by atoms with Gasteiger partial charge in [-0.2, -0.15) is 0 Å². The first-order valence-corrected chi connectivity index (χ1v) is 10.3. The van der Waals surface area contributed by atoms with Gasteiger partial charge in [0, 0.05) is 20.8 Å². The maximum absolute atomic E-state index is 6.14. The highest BCUT2D eigenvalue weighted by Crippen LogP contribution is 2.39. The Morgan fingerprint density at radius 3 is 1.65 bits per heavy atom. The summed E-state index contributed by atoms with van der Waals surface area (Å²) in [6.07, 6.45) is 0.779. The first-order valence-electron chi connectivity index (χ1n) is 8.21. The zero-order valence-corrected chi connectivity index (χ0v) is 17.0. The Morgan fingerprint density at radius 2 is 1.19 bits per heavy atom. The van der Waals surface area contributed by atoms with Crippen LogP contribution in [0.15, 0.2) is 88.7 Å². The van der Waals surface area contributed by atoms with Crippen molar-refractivity contribution in [3.05, 3.63) is 105 Å². The van der Waals surface area contributed by atoms with Gasteiger partial charge in [-0.05, 0) is 64.4 Å². The Kier molecular flexibility index (Phi) is 7.10. The van der Waals surface area contributed by atoms with E-state index < -0.39 is 0 Å². The lowest BCUT2D eigenvalue weighted by atomic mass is 9.97. The number of thioether (sulfide) groups is 1. The van der Waals surface area contributed by atoms with E-state index in [1.54, 1.807) is 11.8 Å². The largest absolute Gasteiger partial charge is 0.126 e. The Bertz CT molecular complexity index is 822. The van der Waals surface area contributed by atoms with Crippen molar-refractivity contribution in [1.29, 1.82) is 0 Å². The van der Waals surface area contributed by atoms with E-state index in [1.165, 1.54) is 9.80 Å². The van der Waals surface area contributed by atoms with Gasteiger partial charge in [0.05, 0.1) is 0 Å². The highest BCUT2D eigenvalue weighted by molar-refractivity contribution is 8.03. The van der Waals surface area contributed by atoms with Crippen LogP contribution in [0.25, 0.3) is 5.57 Å². The molecule has 0 nitrogen and oxygen atoms in total. The minimum absolute atomic E-state index is 0.555. The van der Waals surface area contributed by atoms with Crippen molar-refractivity contribution in [2.24, 2.45) is 0 Å². The first-order chi connectivity index (χ1) is 12.7. The molecule has 3 rings (SSSR count). The number of rotatable bonds is 6. The van der Waals surface area contributed by atoms with Gasteiger partial charge in [-0.15, -0.1) is 11.6 Å². The Labute approximate surface area is 173 Å². The average molecular weight is 420 g/mol. The molecule has 26 heavy (non-hydrogen) atoms. The van der Waals surface area contributed by atoms with Crippen LogP contribution in [-0.4, -0.2) is 5.88 Å². The molecular weight excluding hydrogens is 403 g/mol. The van der Waals surface area contributed by atoms with E-state index in [9.17, 15) is 0 Å². The van der Waals surface area contributed by atoms with Crippen LogP contribution in [-0.2, 0) is 0 Å². The van der Waals surface area contributed by atoms with E-state index in [2.05, 4.69) is 12.1 Å². The van der Waals surface area contributed by atoms with Crippen LogP contribution in [0.4, 0.5) is 0 Å². The number of allylic oxidation sites excluding steroid dienone is 1. The lowest BCUT2D eigenvalue weighted by molar-refractivity contribution is 1.21. The number of hydrogen-bond donors (Lipinski definition) is 0. The predicted molar refractivity (Wildman–Crippen MR) is 117 cm³/mol. The molecule has 0 N–H and O–H groups in total. The molecule has 0 fully saturated rings. The summed E-state index contributed by atoms with van der Waals surface area (Å²) in [5.41, 5.74) is 3.38. The highest BCUT2D eigenvalue weighted by Gasteiger charge is 2.14. The van der Waals surface area contributed by atoms with Gasteiger partial charge in [0.2, 0.25) is 0 Å². The average Bonchev–Trinajstić information content (AvgIpc) is 2.66. The zero-order chi connectivity index (χ0) is 18.4. The quantitative estimate of drug-likeness (QED) is 0.287. The van der Waals surface area contributed by atoms with E-state index in [0.717, 1.165) is 33.2 Å². The molecule has 0 aliphatic heterocycles. The van der Waals surface area contributed by atoms with E-state index in [0.29, 0.717) is 5.88 Å². The topological polar surface area (TPSA) is 0 Å². The van der Waals surface area contributed by atoms with Gasteiger partial charge in [-0.1, -0.05) is 77.4 Å². The number of alkyl halides is 1. The van der Waals surface area contributed by atoms with Crippen LogP contribution in [0, 0.1) is 0 Å². The van der Waals surface area contributed by atoms with Gasteiger partial charge >= 0.3 is 0 Å². The van der Waals surface area contributed by atoms with Gasteiger partial charge in [-0.3, -0.25) is 0 Å². The standard InChI is InChI=1S/C22H17Cl3S/c23-15-14-21(26-20-4-2-1-3-5-20)22(16-6-10-18(24)11-7-16)17-8-12-19(25)13-9-17/h1-13H,14-15H2. The van der Waals surface area contributed by atoms with Crippen LogP contribution in [0.2, 0.25) is 10.0 Å². The van der Waals surface area contributed by atoms with Crippen LogP contribution in [0.3, 0.4) is 0 Å². The van der Waals surface area contributed by atoms with Crippen LogP contribution in [0.5, 0.6) is 0 Å². The predicted octanol–water partition coefficient (Wildman–Crippen LogP) is 8.17. The van der Waals surface area contributed by atoms with E-state index in [4.69, 9.17) is 34.8 Å². The molecule has 0 bridgehead atoms. The fraction of sp³-hybridized carbons (Fsp3) is 0.0909. The van der Waals surface area contributed by atoms with Gasteiger partial charge < -0.3 is 0 Å². The summed E-state index contributed by atoms with van der Waals surface area (Å²) in [5.74, 6) is 0.555. The molecule has 132 valence electrons. The Morgan fingerprint density at radius 1 is 0.692 bits per heavy atom. The molecular formula is C22H17Cl3S. The fourth-order valence-electron chi connectivity index (χ4n) is 2.67. The third-order valence-electron chi connectivity index (χ3n) is 3.85. The summed E-state index contributed by atoms with van der Waals surface area (Å²) in [6, 6.07) is 26.2. The number of benzene rings is 3. The summed E-state index contributed by atoms with van der Waals surface area (Å²) < 4.78 is 0. The van der Waals surface area contributed by atoms with Crippen molar-refractivity contribution in [3.8, 4) is 0 Å². The highest BCUT2D eigenvalue weighted by atomic mass is 35.5. The molecule has 0 aliphatic rings. The van der Waals surface area contributed by atoms with Gasteiger partial charge in [-0.25, -0.2) is 0 Å². The molecule has 0 atom stereocenters. The van der Waals surface area contributed by atoms with Gasteiger partial charge in [0.1, 0.15) is 0 Å². The maximum atomic E-state index is 6.14. The smallest absolute Gasteiger partial charge is 0.0406 e. The molecule has 3 aromatic rings. The summed E-state index contributed by atoms with van der Waals surface area (Å²) in [6.45, 7) is 0. The summed E-state index contributed by atoms with van der Waals surface area (Å²) in [4.78, 5) is 2.41. The second-order valence-corrected chi connectivity index (χ2v) is 8.09.